The van der Waals surface area contributed by atoms with Crippen LogP contribution in [0.5, 0.6) is 0 Å². The summed E-state index contributed by atoms with van der Waals surface area (Å²) in [6.45, 7) is 4.98. The molecule has 2 unspecified atom stereocenters. The Morgan fingerprint density at radius 2 is 2.47 bits per heavy atom. The summed E-state index contributed by atoms with van der Waals surface area (Å²) in [7, 11) is 0. The van der Waals surface area contributed by atoms with Crippen LogP contribution in [0.15, 0.2) is 5.51 Å². The summed E-state index contributed by atoms with van der Waals surface area (Å²) in [5.41, 5.74) is 2.49. The van der Waals surface area contributed by atoms with Crippen LogP contribution in [0.25, 0.3) is 0 Å². The maximum Gasteiger partial charge on any atom is 0.266 e. The molecule has 94 valence electrons. The molecule has 2 atom stereocenters. The third-order valence-corrected chi connectivity index (χ3v) is 3.99. The molecular weight excluding hydrogens is 260 g/mol. The van der Waals surface area contributed by atoms with E-state index in [9.17, 15) is 4.79 Å². The van der Waals surface area contributed by atoms with Gasteiger partial charge in [-0.3, -0.25) is 4.79 Å². The van der Waals surface area contributed by atoms with Gasteiger partial charge in [0.25, 0.3) is 5.91 Å². The van der Waals surface area contributed by atoms with Crippen molar-refractivity contribution in [3.8, 4) is 0 Å². The number of nitrogens with zero attached hydrogens (tertiary/aromatic N) is 2. The van der Waals surface area contributed by atoms with Crippen molar-refractivity contribution in [2.75, 3.05) is 19.0 Å². The van der Waals surface area contributed by atoms with Gasteiger partial charge < -0.3 is 9.64 Å². The highest BCUT2D eigenvalue weighted by atomic mass is 35.5. The predicted octanol–water partition coefficient (Wildman–Crippen LogP) is 1.92. The molecule has 1 saturated heterocycles. The summed E-state index contributed by atoms with van der Waals surface area (Å²) < 4.78 is 5.63. The van der Waals surface area contributed by atoms with Gasteiger partial charge in [-0.1, -0.05) is 0 Å². The molecular formula is C11H15ClN2O2S. The third-order valence-electron chi connectivity index (χ3n) is 2.73. The smallest absolute Gasteiger partial charge is 0.266 e. The van der Waals surface area contributed by atoms with Crippen LogP contribution in [-0.4, -0.2) is 47.0 Å². The van der Waals surface area contributed by atoms with Crippen molar-refractivity contribution < 1.29 is 9.53 Å². The van der Waals surface area contributed by atoms with E-state index in [0.717, 1.165) is 5.69 Å². The number of alkyl halides is 1. The van der Waals surface area contributed by atoms with Gasteiger partial charge in [-0.25, -0.2) is 4.98 Å². The number of thiazole rings is 1. The molecule has 17 heavy (non-hydrogen) atoms. The first-order chi connectivity index (χ1) is 8.11. The van der Waals surface area contributed by atoms with Gasteiger partial charge in [0.2, 0.25) is 0 Å². The van der Waals surface area contributed by atoms with E-state index >= 15 is 0 Å². The van der Waals surface area contributed by atoms with Crippen LogP contribution < -0.4 is 0 Å². The average Bonchev–Trinajstić information content (AvgIpc) is 2.73. The molecule has 0 aromatic carbocycles. The Morgan fingerprint density at radius 1 is 1.71 bits per heavy atom. The van der Waals surface area contributed by atoms with Crippen LogP contribution >= 0.6 is 22.9 Å². The Morgan fingerprint density at radius 3 is 3.06 bits per heavy atom. The molecule has 1 aromatic heterocycles. The van der Waals surface area contributed by atoms with Gasteiger partial charge in [0.1, 0.15) is 4.88 Å². The molecule has 0 spiro atoms. The van der Waals surface area contributed by atoms with E-state index in [-0.39, 0.29) is 18.1 Å². The van der Waals surface area contributed by atoms with Gasteiger partial charge in [-0.2, -0.15) is 0 Å². The van der Waals surface area contributed by atoms with Crippen LogP contribution in [0.1, 0.15) is 22.3 Å². The van der Waals surface area contributed by atoms with E-state index in [2.05, 4.69) is 4.98 Å². The molecule has 0 bridgehead atoms. The third kappa shape index (κ3) is 2.78. The number of amides is 1. The van der Waals surface area contributed by atoms with E-state index in [0.29, 0.717) is 23.8 Å². The monoisotopic (exact) mass is 274 g/mol. The van der Waals surface area contributed by atoms with E-state index in [1.807, 2.05) is 18.7 Å². The minimum atomic E-state index is -0.0717. The summed E-state index contributed by atoms with van der Waals surface area (Å²) in [6.07, 6.45) is -0.0396. The molecule has 4 nitrogen and oxygen atoms in total. The maximum absolute atomic E-state index is 12.3. The molecule has 0 N–H and O–H groups in total. The number of aryl methyl sites for hydroxylation is 1. The molecule has 0 radical (unpaired) electrons. The molecule has 6 heteroatoms. The molecule has 2 heterocycles. The Hall–Kier alpha value is -0.650. The van der Waals surface area contributed by atoms with Crippen molar-refractivity contribution in [3.05, 3.63) is 16.1 Å². The van der Waals surface area contributed by atoms with Crippen molar-refractivity contribution >= 4 is 28.8 Å². The number of halogens is 1. The second-order valence-corrected chi connectivity index (χ2v) is 5.36. The number of carbonyl (C=O) groups excluding carboxylic acids is 1. The first-order valence-corrected chi connectivity index (χ1v) is 6.94. The normalized spacial score (nSPS) is 25.0. The van der Waals surface area contributed by atoms with Crippen molar-refractivity contribution in [1.29, 1.82) is 0 Å². The largest absolute Gasteiger partial charge is 0.370 e. The van der Waals surface area contributed by atoms with Crippen molar-refractivity contribution in [2.24, 2.45) is 0 Å². The summed E-state index contributed by atoms with van der Waals surface area (Å²) >= 11 is 7.18. The second-order valence-electron chi connectivity index (χ2n) is 4.20. The number of rotatable bonds is 2. The summed E-state index contributed by atoms with van der Waals surface area (Å²) in [6, 6.07) is 0. The van der Waals surface area contributed by atoms with E-state index in [1.54, 1.807) is 5.51 Å². The molecule has 1 fully saturated rings. The van der Waals surface area contributed by atoms with Gasteiger partial charge in [0, 0.05) is 13.1 Å². The number of ether oxygens (including phenoxy) is 1. The highest BCUT2D eigenvalue weighted by Crippen LogP contribution is 2.19. The molecule has 1 aliphatic rings. The lowest BCUT2D eigenvalue weighted by Crippen LogP contribution is -2.49. The first kappa shape index (κ1) is 12.8. The zero-order chi connectivity index (χ0) is 12.4. The SMILES string of the molecule is Cc1ncsc1C(=O)N1CC(C)OC(CCl)C1. The van der Waals surface area contributed by atoms with E-state index in [4.69, 9.17) is 16.3 Å². The minimum Gasteiger partial charge on any atom is -0.370 e. The maximum atomic E-state index is 12.3. The molecule has 2 rings (SSSR count). The topological polar surface area (TPSA) is 42.4 Å². The predicted molar refractivity (Wildman–Crippen MR) is 67.8 cm³/mol. The van der Waals surface area contributed by atoms with E-state index < -0.39 is 0 Å². The zero-order valence-corrected chi connectivity index (χ0v) is 11.4. The fourth-order valence-electron chi connectivity index (χ4n) is 1.95. The van der Waals surface area contributed by atoms with E-state index in [1.165, 1.54) is 11.3 Å². The standard InChI is InChI=1S/C11H15ClN2O2S/c1-7-4-14(5-9(3-12)16-7)11(15)10-8(2)13-6-17-10/h6-7,9H,3-5H2,1-2H3. The zero-order valence-electron chi connectivity index (χ0n) is 9.85. The first-order valence-electron chi connectivity index (χ1n) is 5.52. The van der Waals surface area contributed by atoms with Crippen LogP contribution in [0.4, 0.5) is 0 Å². The summed E-state index contributed by atoms with van der Waals surface area (Å²) in [5, 5.41) is 0. The lowest BCUT2D eigenvalue weighted by atomic mass is 10.2. The molecule has 1 aromatic rings. The quantitative estimate of drug-likeness (QED) is 0.774. The van der Waals surface area contributed by atoms with Crippen LogP contribution in [0.2, 0.25) is 0 Å². The van der Waals surface area contributed by atoms with Gasteiger partial charge >= 0.3 is 0 Å². The summed E-state index contributed by atoms with van der Waals surface area (Å²) in [4.78, 5) is 18.9. The van der Waals surface area contributed by atoms with Crippen molar-refractivity contribution in [1.82, 2.24) is 9.88 Å². The van der Waals surface area contributed by atoms with Gasteiger partial charge in [-0.15, -0.1) is 22.9 Å². The molecule has 0 aliphatic carbocycles. The van der Waals surface area contributed by atoms with Crippen LogP contribution in [0, 0.1) is 6.92 Å². The minimum absolute atomic E-state index is 0.0321. The second kappa shape index (κ2) is 5.33. The lowest BCUT2D eigenvalue weighted by molar-refractivity contribution is -0.0569. The molecule has 0 saturated carbocycles. The van der Waals surface area contributed by atoms with Crippen molar-refractivity contribution in [3.63, 3.8) is 0 Å². The molecule has 1 amide bonds. The Bertz CT molecular complexity index is 410. The fraction of sp³-hybridized carbons (Fsp3) is 0.636. The van der Waals surface area contributed by atoms with Gasteiger partial charge in [0.15, 0.2) is 0 Å². The van der Waals surface area contributed by atoms with Crippen LogP contribution in [-0.2, 0) is 4.74 Å². The average molecular weight is 275 g/mol. The van der Waals surface area contributed by atoms with Gasteiger partial charge in [0.05, 0.1) is 29.3 Å². The Kier molecular flexibility index (Phi) is 4.01. The highest BCUT2D eigenvalue weighted by Gasteiger charge is 2.29. The number of hydrogen-bond donors (Lipinski definition) is 0. The Balaban J connectivity index is 2.11. The number of aromatic nitrogens is 1. The van der Waals surface area contributed by atoms with Crippen molar-refractivity contribution in [2.45, 2.75) is 26.1 Å². The number of carbonyl (C=O) groups is 1. The number of hydrogen-bond acceptors (Lipinski definition) is 4. The number of morpholine rings is 1. The Labute approximate surface area is 110 Å². The van der Waals surface area contributed by atoms with Crippen LogP contribution in [0.3, 0.4) is 0 Å². The fourth-order valence-corrected chi connectivity index (χ4v) is 2.89. The lowest BCUT2D eigenvalue weighted by Gasteiger charge is -2.35. The highest BCUT2D eigenvalue weighted by molar-refractivity contribution is 7.11. The molecule has 1 aliphatic heterocycles. The summed E-state index contributed by atoms with van der Waals surface area (Å²) in [5.74, 6) is 0.450. The van der Waals surface area contributed by atoms with Gasteiger partial charge in [-0.05, 0) is 13.8 Å².